The number of benzene rings is 3. The topological polar surface area (TPSA) is 71.5 Å². The summed E-state index contributed by atoms with van der Waals surface area (Å²) in [5.74, 6) is -0.585. The van der Waals surface area contributed by atoms with Crippen LogP contribution in [0.1, 0.15) is 12.8 Å². The van der Waals surface area contributed by atoms with Crippen molar-refractivity contribution in [2.45, 2.75) is 28.7 Å². The summed E-state index contributed by atoms with van der Waals surface area (Å²) in [5, 5.41) is 0. The van der Waals surface area contributed by atoms with Crippen LogP contribution in [0.2, 0.25) is 0 Å². The van der Waals surface area contributed by atoms with Crippen molar-refractivity contribution in [2.24, 2.45) is 0 Å². The van der Waals surface area contributed by atoms with Crippen molar-refractivity contribution in [1.29, 1.82) is 0 Å². The zero-order chi connectivity index (χ0) is 22.1. The summed E-state index contributed by atoms with van der Waals surface area (Å²) in [7, 11) is -7.44. The van der Waals surface area contributed by atoms with Crippen LogP contribution in [0.25, 0.3) is 11.1 Å². The quantitative estimate of drug-likeness (QED) is 0.556. The molecule has 0 N–H and O–H groups in total. The molecule has 3 aromatic carbocycles. The third-order valence-electron chi connectivity index (χ3n) is 5.48. The predicted octanol–water partition coefficient (Wildman–Crippen LogP) is 4.12. The average Bonchev–Trinajstić information content (AvgIpc) is 3.23. The second kappa shape index (κ2) is 8.53. The fourth-order valence-corrected chi connectivity index (χ4v) is 7.27. The molecule has 0 aromatic heterocycles. The predicted molar refractivity (Wildman–Crippen MR) is 117 cm³/mol. The molecule has 162 valence electrons. The van der Waals surface area contributed by atoms with Crippen LogP contribution in [0.5, 0.6) is 0 Å². The van der Waals surface area contributed by atoms with Gasteiger partial charge in [-0.1, -0.05) is 42.5 Å². The standard InChI is InChI=1S/C23H22FNO4S2/c24-20-12-8-18(9-13-20)19-10-14-23(15-11-19)31(28,29)25-16-4-5-21(25)17-30(26,27)22-6-2-1-3-7-22/h1-3,6-15,21H,4-5,16-17H2. The molecule has 0 spiro atoms. The van der Waals surface area contributed by atoms with E-state index in [1.807, 2.05) is 0 Å². The molecule has 0 aliphatic carbocycles. The molecule has 1 fully saturated rings. The van der Waals surface area contributed by atoms with Gasteiger partial charge in [0.25, 0.3) is 0 Å². The van der Waals surface area contributed by atoms with Gasteiger partial charge in [0.05, 0.1) is 15.5 Å². The molecule has 0 radical (unpaired) electrons. The van der Waals surface area contributed by atoms with Crippen LogP contribution in [0.3, 0.4) is 0 Å². The van der Waals surface area contributed by atoms with Crippen LogP contribution >= 0.6 is 0 Å². The Morgan fingerprint density at radius 1 is 0.774 bits per heavy atom. The van der Waals surface area contributed by atoms with Crippen molar-refractivity contribution in [3.63, 3.8) is 0 Å². The molecule has 1 aliphatic rings. The van der Waals surface area contributed by atoms with Gasteiger partial charge in [-0.3, -0.25) is 0 Å². The lowest BCUT2D eigenvalue weighted by atomic mass is 10.1. The molecule has 1 atom stereocenters. The summed E-state index contributed by atoms with van der Waals surface area (Å²) in [6, 6.07) is 19.8. The maximum atomic E-state index is 13.2. The van der Waals surface area contributed by atoms with Gasteiger partial charge in [0.1, 0.15) is 5.82 Å². The Hall–Kier alpha value is -2.55. The average molecular weight is 460 g/mol. The molecule has 3 aromatic rings. The second-order valence-corrected chi connectivity index (χ2v) is 11.5. The van der Waals surface area contributed by atoms with Crippen molar-refractivity contribution < 1.29 is 21.2 Å². The number of hydrogen-bond acceptors (Lipinski definition) is 4. The molecule has 0 bridgehead atoms. The van der Waals surface area contributed by atoms with E-state index in [4.69, 9.17) is 0 Å². The van der Waals surface area contributed by atoms with Gasteiger partial charge in [0, 0.05) is 12.6 Å². The number of nitrogens with zero attached hydrogens (tertiary/aromatic N) is 1. The van der Waals surface area contributed by atoms with Crippen molar-refractivity contribution in [2.75, 3.05) is 12.3 Å². The highest BCUT2D eigenvalue weighted by Crippen LogP contribution is 2.30. The summed E-state index contributed by atoms with van der Waals surface area (Å²) in [6.07, 6.45) is 1.11. The molecule has 1 unspecified atom stereocenters. The summed E-state index contributed by atoms with van der Waals surface area (Å²) >= 11 is 0. The minimum absolute atomic E-state index is 0.113. The maximum Gasteiger partial charge on any atom is 0.243 e. The van der Waals surface area contributed by atoms with E-state index in [2.05, 4.69) is 0 Å². The van der Waals surface area contributed by atoms with Crippen LogP contribution in [-0.2, 0) is 19.9 Å². The first-order valence-corrected chi connectivity index (χ1v) is 13.0. The molecule has 0 saturated carbocycles. The number of sulfonamides is 1. The minimum atomic E-state index is -3.84. The Labute approximate surface area is 182 Å². The Balaban J connectivity index is 1.57. The van der Waals surface area contributed by atoms with E-state index in [1.54, 1.807) is 42.5 Å². The Morgan fingerprint density at radius 3 is 1.97 bits per heavy atom. The monoisotopic (exact) mass is 459 g/mol. The smallest absolute Gasteiger partial charge is 0.224 e. The molecule has 8 heteroatoms. The molecule has 31 heavy (non-hydrogen) atoms. The van der Waals surface area contributed by atoms with Crippen LogP contribution in [0.15, 0.2) is 88.7 Å². The zero-order valence-corrected chi connectivity index (χ0v) is 18.3. The largest absolute Gasteiger partial charge is 0.243 e. The maximum absolute atomic E-state index is 13.2. The summed E-state index contributed by atoms with van der Waals surface area (Å²) in [6.45, 7) is 0.289. The van der Waals surface area contributed by atoms with Crippen molar-refractivity contribution >= 4 is 19.9 Å². The van der Waals surface area contributed by atoms with E-state index in [0.717, 1.165) is 11.1 Å². The molecule has 1 aliphatic heterocycles. The van der Waals surface area contributed by atoms with Gasteiger partial charge in [0.2, 0.25) is 10.0 Å². The number of rotatable bonds is 6. The fraction of sp³-hybridized carbons (Fsp3) is 0.217. The lowest BCUT2D eigenvalue weighted by Gasteiger charge is -2.24. The second-order valence-electron chi connectivity index (χ2n) is 7.54. The minimum Gasteiger partial charge on any atom is -0.224 e. The SMILES string of the molecule is O=S(=O)(CC1CCCN1S(=O)(=O)c1ccc(-c2ccc(F)cc2)cc1)c1ccccc1. The van der Waals surface area contributed by atoms with Gasteiger partial charge < -0.3 is 0 Å². The van der Waals surface area contributed by atoms with Crippen LogP contribution in [-0.4, -0.2) is 39.5 Å². The van der Waals surface area contributed by atoms with Crippen LogP contribution in [0.4, 0.5) is 4.39 Å². The number of sulfone groups is 1. The summed E-state index contributed by atoms with van der Waals surface area (Å²) in [5.41, 5.74) is 1.54. The van der Waals surface area contributed by atoms with Gasteiger partial charge in [-0.15, -0.1) is 0 Å². The Kier molecular flexibility index (Phi) is 5.96. The van der Waals surface area contributed by atoms with E-state index < -0.39 is 25.9 Å². The van der Waals surface area contributed by atoms with E-state index >= 15 is 0 Å². The van der Waals surface area contributed by atoms with E-state index in [-0.39, 0.29) is 27.9 Å². The normalized spacial score (nSPS) is 17.6. The Bertz CT molecular complexity index is 1260. The van der Waals surface area contributed by atoms with Crippen LogP contribution < -0.4 is 0 Å². The molecule has 5 nitrogen and oxygen atoms in total. The first kappa shape index (κ1) is 21.7. The van der Waals surface area contributed by atoms with Crippen molar-refractivity contribution in [3.05, 3.63) is 84.7 Å². The van der Waals surface area contributed by atoms with E-state index in [0.29, 0.717) is 12.8 Å². The highest BCUT2D eigenvalue weighted by molar-refractivity contribution is 7.91. The summed E-state index contributed by atoms with van der Waals surface area (Å²) in [4.78, 5) is 0.310. The van der Waals surface area contributed by atoms with E-state index in [9.17, 15) is 21.2 Å². The highest BCUT2D eigenvalue weighted by Gasteiger charge is 2.38. The first-order valence-electron chi connectivity index (χ1n) is 9.93. The molecular formula is C23H22FNO4S2. The molecule has 0 amide bonds. The van der Waals surface area contributed by atoms with Gasteiger partial charge in [-0.2, -0.15) is 4.31 Å². The Morgan fingerprint density at radius 2 is 1.35 bits per heavy atom. The molecular weight excluding hydrogens is 437 g/mol. The third-order valence-corrected chi connectivity index (χ3v) is 9.26. The number of halogens is 1. The van der Waals surface area contributed by atoms with Crippen molar-refractivity contribution in [3.8, 4) is 11.1 Å². The zero-order valence-electron chi connectivity index (χ0n) is 16.7. The number of hydrogen-bond donors (Lipinski definition) is 0. The summed E-state index contributed by atoms with van der Waals surface area (Å²) < 4.78 is 66.5. The van der Waals surface area contributed by atoms with Gasteiger partial charge >= 0.3 is 0 Å². The fourth-order valence-electron chi connectivity index (χ4n) is 3.87. The lowest BCUT2D eigenvalue weighted by molar-refractivity contribution is 0.408. The van der Waals surface area contributed by atoms with Gasteiger partial charge in [-0.25, -0.2) is 21.2 Å². The highest BCUT2D eigenvalue weighted by atomic mass is 32.2. The first-order chi connectivity index (χ1) is 14.8. The van der Waals surface area contributed by atoms with Crippen LogP contribution in [0, 0.1) is 5.82 Å². The molecule has 1 heterocycles. The third kappa shape index (κ3) is 4.56. The van der Waals surface area contributed by atoms with Crippen molar-refractivity contribution in [1.82, 2.24) is 4.31 Å². The van der Waals surface area contributed by atoms with E-state index in [1.165, 1.54) is 40.7 Å². The van der Waals surface area contributed by atoms with Gasteiger partial charge in [0.15, 0.2) is 9.84 Å². The van der Waals surface area contributed by atoms with Gasteiger partial charge in [-0.05, 0) is 60.4 Å². The molecule has 1 saturated heterocycles. The molecule has 4 rings (SSSR count). The lowest BCUT2D eigenvalue weighted by Crippen LogP contribution is -2.39.